The molecule has 1 aromatic rings. The van der Waals surface area contributed by atoms with E-state index in [4.69, 9.17) is 9.47 Å². The molecule has 0 spiro atoms. The van der Waals surface area contributed by atoms with Gasteiger partial charge in [0.1, 0.15) is 17.2 Å². The average Bonchev–Trinajstić information content (AvgIpc) is 3.01. The first-order valence-corrected chi connectivity index (χ1v) is 10.3. The molecule has 2 aliphatic rings. The van der Waals surface area contributed by atoms with Gasteiger partial charge in [-0.05, 0) is 18.6 Å². The van der Waals surface area contributed by atoms with Gasteiger partial charge in [-0.1, -0.05) is 0 Å². The predicted octanol–water partition coefficient (Wildman–Crippen LogP) is 0.808. The van der Waals surface area contributed by atoms with Crippen molar-refractivity contribution in [1.82, 2.24) is 5.01 Å². The smallest absolute Gasteiger partial charge is 0.271 e. The summed E-state index contributed by atoms with van der Waals surface area (Å²) >= 11 is 0. The van der Waals surface area contributed by atoms with Crippen LogP contribution in [0.1, 0.15) is 19.3 Å². The normalized spacial score (nSPS) is 21.6. The van der Waals surface area contributed by atoms with E-state index >= 15 is 0 Å². The molecule has 1 fully saturated rings. The van der Waals surface area contributed by atoms with Gasteiger partial charge >= 0.3 is 0 Å². The first-order chi connectivity index (χ1) is 12.8. The van der Waals surface area contributed by atoms with Crippen molar-refractivity contribution in [2.45, 2.75) is 25.3 Å². The second-order valence-corrected chi connectivity index (χ2v) is 8.59. The number of hydrazone groups is 1. The number of ether oxygens (including phenoxy) is 2. The van der Waals surface area contributed by atoms with E-state index in [-0.39, 0.29) is 36.0 Å². The van der Waals surface area contributed by atoms with Crippen LogP contribution in [0, 0.1) is 0 Å². The largest absolute Gasteiger partial charge is 0.497 e. The highest BCUT2D eigenvalue weighted by Gasteiger charge is 2.37. The van der Waals surface area contributed by atoms with Gasteiger partial charge in [0.15, 0.2) is 9.84 Å². The first kappa shape index (κ1) is 19.2. The molecule has 0 aliphatic carbocycles. The minimum Gasteiger partial charge on any atom is -0.497 e. The van der Waals surface area contributed by atoms with Gasteiger partial charge in [0.25, 0.3) is 5.91 Å². The highest BCUT2D eigenvalue weighted by molar-refractivity contribution is 7.91. The van der Waals surface area contributed by atoms with Crippen molar-refractivity contribution in [3.8, 4) is 11.5 Å². The summed E-state index contributed by atoms with van der Waals surface area (Å²) in [5.74, 6) is 0.186. The summed E-state index contributed by atoms with van der Waals surface area (Å²) in [4.78, 5) is 24.7. The van der Waals surface area contributed by atoms with Crippen LogP contribution in [0.15, 0.2) is 23.3 Å². The molecule has 1 saturated heterocycles. The third kappa shape index (κ3) is 4.21. The lowest BCUT2D eigenvalue weighted by molar-refractivity contribution is -0.133. The fourth-order valence-corrected chi connectivity index (χ4v) is 4.78. The number of benzene rings is 1. The predicted molar refractivity (Wildman–Crippen MR) is 98.7 cm³/mol. The fraction of sp³-hybridized carbons (Fsp3) is 0.471. The molecule has 0 radical (unpaired) electrons. The molecule has 2 amide bonds. The highest BCUT2D eigenvalue weighted by atomic mass is 32.2. The molecule has 1 N–H and O–H groups in total. The van der Waals surface area contributed by atoms with Crippen LogP contribution < -0.4 is 14.8 Å². The van der Waals surface area contributed by atoms with Gasteiger partial charge in [-0.25, -0.2) is 13.4 Å². The first-order valence-electron chi connectivity index (χ1n) is 8.46. The Morgan fingerprint density at radius 2 is 2.04 bits per heavy atom. The maximum absolute atomic E-state index is 12.6. The van der Waals surface area contributed by atoms with Crippen molar-refractivity contribution in [2.75, 3.05) is 31.0 Å². The Morgan fingerprint density at radius 1 is 1.26 bits per heavy atom. The molecule has 10 heteroatoms. The molecule has 0 unspecified atom stereocenters. The van der Waals surface area contributed by atoms with E-state index < -0.39 is 21.8 Å². The fourth-order valence-electron chi connectivity index (χ4n) is 3.08. The van der Waals surface area contributed by atoms with Gasteiger partial charge in [-0.15, -0.1) is 0 Å². The van der Waals surface area contributed by atoms with Gasteiger partial charge < -0.3 is 14.8 Å². The second kappa shape index (κ2) is 7.55. The van der Waals surface area contributed by atoms with Crippen LogP contribution in [0.2, 0.25) is 0 Å². The van der Waals surface area contributed by atoms with Gasteiger partial charge in [0.05, 0.1) is 37.5 Å². The van der Waals surface area contributed by atoms with E-state index in [1.165, 1.54) is 14.2 Å². The average molecular weight is 395 g/mol. The molecule has 0 saturated carbocycles. The van der Waals surface area contributed by atoms with Crippen LogP contribution in [0.5, 0.6) is 11.5 Å². The van der Waals surface area contributed by atoms with Crippen LogP contribution in [0.25, 0.3) is 0 Å². The molecule has 0 aromatic heterocycles. The third-order valence-electron chi connectivity index (χ3n) is 4.53. The number of nitrogens with one attached hydrogen (secondary N) is 1. The Labute approximate surface area is 157 Å². The Hall–Kier alpha value is -2.62. The molecule has 2 heterocycles. The van der Waals surface area contributed by atoms with Gasteiger partial charge in [-0.3, -0.25) is 9.59 Å². The Morgan fingerprint density at radius 3 is 2.67 bits per heavy atom. The lowest BCUT2D eigenvalue weighted by atomic mass is 10.1. The number of sulfone groups is 1. The molecule has 146 valence electrons. The number of methoxy groups -OCH3 is 2. The number of hydrogen-bond donors (Lipinski definition) is 1. The van der Waals surface area contributed by atoms with E-state index in [9.17, 15) is 18.0 Å². The number of hydrogen-bond acceptors (Lipinski definition) is 7. The van der Waals surface area contributed by atoms with Crippen molar-refractivity contribution in [2.24, 2.45) is 5.10 Å². The summed E-state index contributed by atoms with van der Waals surface area (Å²) in [6.45, 7) is 0. The van der Waals surface area contributed by atoms with E-state index in [1.807, 2.05) is 0 Å². The molecule has 9 nitrogen and oxygen atoms in total. The summed E-state index contributed by atoms with van der Waals surface area (Å²) in [7, 11) is -0.160. The topological polar surface area (TPSA) is 114 Å². The number of nitrogens with zero attached hydrogens (tertiary/aromatic N) is 2. The Bertz CT molecular complexity index is 896. The molecular weight excluding hydrogens is 374 g/mol. The van der Waals surface area contributed by atoms with Crippen LogP contribution in [0.3, 0.4) is 0 Å². The molecule has 1 aromatic carbocycles. The summed E-state index contributed by atoms with van der Waals surface area (Å²) in [5, 5.41) is 8.03. The minimum atomic E-state index is -3.16. The maximum atomic E-state index is 12.6. The zero-order chi connectivity index (χ0) is 19.6. The summed E-state index contributed by atoms with van der Waals surface area (Å²) < 4.78 is 33.7. The van der Waals surface area contributed by atoms with Gasteiger partial charge in [0, 0.05) is 18.9 Å². The summed E-state index contributed by atoms with van der Waals surface area (Å²) in [6, 6.07) is 4.45. The Kier molecular flexibility index (Phi) is 5.36. The second-order valence-electron chi connectivity index (χ2n) is 6.36. The van der Waals surface area contributed by atoms with E-state index in [1.54, 1.807) is 18.2 Å². The van der Waals surface area contributed by atoms with E-state index in [0.29, 0.717) is 23.6 Å². The summed E-state index contributed by atoms with van der Waals surface area (Å²) in [6.07, 6.45) is 0.639. The lowest BCUT2D eigenvalue weighted by Gasteiger charge is -2.27. The van der Waals surface area contributed by atoms with Crippen molar-refractivity contribution >= 4 is 33.1 Å². The van der Waals surface area contributed by atoms with Gasteiger partial charge in [-0.2, -0.15) is 5.10 Å². The van der Waals surface area contributed by atoms with Crippen LogP contribution in [-0.2, 0) is 19.4 Å². The number of amides is 2. The zero-order valence-corrected chi connectivity index (χ0v) is 15.9. The zero-order valence-electron chi connectivity index (χ0n) is 15.1. The van der Waals surface area contributed by atoms with Crippen molar-refractivity contribution in [3.63, 3.8) is 0 Å². The molecule has 3 rings (SSSR count). The van der Waals surface area contributed by atoms with Crippen LogP contribution >= 0.6 is 0 Å². The number of carbonyl (C=O) groups is 2. The maximum Gasteiger partial charge on any atom is 0.271 e. The van der Waals surface area contributed by atoms with Crippen molar-refractivity contribution in [1.29, 1.82) is 0 Å². The van der Waals surface area contributed by atoms with Crippen molar-refractivity contribution in [3.05, 3.63) is 18.2 Å². The highest BCUT2D eigenvalue weighted by Crippen LogP contribution is 2.29. The monoisotopic (exact) mass is 395 g/mol. The number of anilines is 1. The van der Waals surface area contributed by atoms with Gasteiger partial charge in [0.2, 0.25) is 5.91 Å². The molecule has 2 aliphatic heterocycles. The van der Waals surface area contributed by atoms with Crippen LogP contribution in [0.4, 0.5) is 5.69 Å². The SMILES string of the molecule is COc1ccc(NC(=O)C2=NN([C@H]3CCS(=O)(=O)C3)C(=O)CC2)c(OC)c1. The molecular formula is C17H21N3O6S. The standard InChI is InChI=1S/C17H21N3O6S/c1-25-12-3-4-13(15(9-12)26-2)18-17(22)14-5-6-16(21)20(19-14)11-7-8-27(23,24)10-11/h3-4,9,11H,5-8,10H2,1-2H3,(H,18,22)/t11-/m0/s1. The van der Waals surface area contributed by atoms with E-state index in [0.717, 1.165) is 5.01 Å². The lowest BCUT2D eigenvalue weighted by Crippen LogP contribution is -2.42. The van der Waals surface area contributed by atoms with Crippen molar-refractivity contribution < 1.29 is 27.5 Å². The van der Waals surface area contributed by atoms with E-state index in [2.05, 4.69) is 10.4 Å². The van der Waals surface area contributed by atoms with Crippen LogP contribution in [-0.4, -0.2) is 62.7 Å². The minimum absolute atomic E-state index is 0.0293. The Balaban J connectivity index is 1.78. The molecule has 1 atom stereocenters. The third-order valence-corrected chi connectivity index (χ3v) is 6.28. The summed E-state index contributed by atoms with van der Waals surface area (Å²) in [5.41, 5.74) is 0.620. The molecule has 27 heavy (non-hydrogen) atoms. The molecule has 0 bridgehead atoms. The quantitative estimate of drug-likeness (QED) is 0.789. The number of rotatable bonds is 5. The number of carbonyl (C=O) groups excluding carboxylic acids is 2.